The molecule has 0 spiro atoms. The largest absolute Gasteiger partial charge is 0.354 e. The first kappa shape index (κ1) is 8.69. The molecule has 0 radical (unpaired) electrons. The maximum absolute atomic E-state index is 11.4. The zero-order valence-corrected chi connectivity index (χ0v) is 8.65. The number of carbonyl (C=O) groups excluding carboxylic acids is 1. The molecule has 1 aliphatic carbocycles. The molecule has 1 aliphatic rings. The third-order valence-electron chi connectivity index (χ3n) is 2.14. The molecule has 0 saturated carbocycles. The van der Waals surface area contributed by atoms with E-state index in [9.17, 15) is 4.79 Å². The number of anilines is 1. The summed E-state index contributed by atoms with van der Waals surface area (Å²) in [6.45, 7) is 0. The number of thiazole rings is 1. The monoisotopic (exact) mass is 196 g/mol. The molecule has 0 bridgehead atoms. The van der Waals surface area contributed by atoms with Crippen molar-refractivity contribution in [2.75, 3.05) is 19.0 Å². The van der Waals surface area contributed by atoms with Crippen LogP contribution in [0.1, 0.15) is 28.2 Å². The van der Waals surface area contributed by atoms with E-state index < -0.39 is 0 Å². The summed E-state index contributed by atoms with van der Waals surface area (Å²) in [4.78, 5) is 18.9. The third kappa shape index (κ3) is 1.46. The number of aryl methyl sites for hydroxylation is 1. The molecule has 0 aliphatic heterocycles. The van der Waals surface area contributed by atoms with Crippen molar-refractivity contribution < 1.29 is 4.79 Å². The molecule has 0 unspecified atom stereocenters. The molecule has 1 aromatic rings. The van der Waals surface area contributed by atoms with Crippen LogP contribution in [0.15, 0.2) is 0 Å². The number of rotatable bonds is 1. The summed E-state index contributed by atoms with van der Waals surface area (Å²) in [7, 11) is 3.91. The summed E-state index contributed by atoms with van der Waals surface area (Å²) in [5, 5.41) is 0.945. The Bertz CT molecular complexity index is 343. The zero-order valence-electron chi connectivity index (χ0n) is 7.83. The third-order valence-corrected chi connectivity index (χ3v) is 3.42. The molecular weight excluding hydrogens is 184 g/mol. The maximum Gasteiger partial charge on any atom is 0.185 e. The van der Waals surface area contributed by atoms with Crippen molar-refractivity contribution in [2.45, 2.75) is 19.3 Å². The van der Waals surface area contributed by atoms with Crippen molar-refractivity contribution in [1.82, 2.24) is 4.98 Å². The van der Waals surface area contributed by atoms with Gasteiger partial charge in [-0.15, -0.1) is 11.3 Å². The normalized spacial score (nSPS) is 15.7. The van der Waals surface area contributed by atoms with Crippen molar-refractivity contribution in [3.63, 3.8) is 0 Å². The van der Waals surface area contributed by atoms with Gasteiger partial charge in [-0.2, -0.15) is 0 Å². The van der Waals surface area contributed by atoms with Crippen LogP contribution in [0.2, 0.25) is 0 Å². The Kier molecular flexibility index (Phi) is 2.07. The van der Waals surface area contributed by atoms with Crippen LogP contribution in [0.4, 0.5) is 5.13 Å². The Labute approximate surface area is 81.4 Å². The summed E-state index contributed by atoms with van der Waals surface area (Å²) < 4.78 is 0. The zero-order chi connectivity index (χ0) is 9.42. The first-order chi connectivity index (χ1) is 6.18. The highest BCUT2D eigenvalue weighted by Gasteiger charge is 2.22. The van der Waals surface area contributed by atoms with Crippen molar-refractivity contribution in [1.29, 1.82) is 0 Å². The van der Waals surface area contributed by atoms with E-state index in [-0.39, 0.29) is 5.78 Å². The van der Waals surface area contributed by atoms with Crippen molar-refractivity contribution in [3.05, 3.63) is 10.6 Å². The summed E-state index contributed by atoms with van der Waals surface area (Å²) in [6, 6.07) is 0. The molecule has 2 rings (SSSR count). The highest BCUT2D eigenvalue weighted by atomic mass is 32.1. The molecule has 13 heavy (non-hydrogen) atoms. The second-order valence-electron chi connectivity index (χ2n) is 3.44. The Morgan fingerprint density at radius 1 is 1.38 bits per heavy atom. The van der Waals surface area contributed by atoms with Crippen molar-refractivity contribution >= 4 is 22.3 Å². The average molecular weight is 196 g/mol. The standard InChI is InChI=1S/C9H12N2OS/c1-11(2)9-10-8-6(12)4-3-5-7(8)13-9/h3-5H2,1-2H3. The minimum Gasteiger partial charge on any atom is -0.354 e. The average Bonchev–Trinajstić information content (AvgIpc) is 2.49. The molecular formula is C9H12N2OS. The highest BCUT2D eigenvalue weighted by Crippen LogP contribution is 2.30. The van der Waals surface area contributed by atoms with Gasteiger partial charge in [-0.3, -0.25) is 4.79 Å². The van der Waals surface area contributed by atoms with Crippen LogP contribution in [0, 0.1) is 0 Å². The molecule has 0 saturated heterocycles. The van der Waals surface area contributed by atoms with Crippen LogP contribution < -0.4 is 4.90 Å². The Morgan fingerprint density at radius 2 is 2.15 bits per heavy atom. The molecule has 70 valence electrons. The second kappa shape index (κ2) is 3.10. The predicted molar refractivity (Wildman–Crippen MR) is 53.7 cm³/mol. The highest BCUT2D eigenvalue weighted by molar-refractivity contribution is 7.15. The van der Waals surface area contributed by atoms with Gasteiger partial charge < -0.3 is 4.90 Å². The van der Waals surface area contributed by atoms with Gasteiger partial charge >= 0.3 is 0 Å². The first-order valence-corrected chi connectivity index (χ1v) is 5.20. The van der Waals surface area contributed by atoms with Crippen LogP contribution in [-0.2, 0) is 6.42 Å². The summed E-state index contributed by atoms with van der Waals surface area (Å²) in [5.74, 6) is 0.214. The van der Waals surface area contributed by atoms with Gasteiger partial charge in [-0.25, -0.2) is 4.98 Å². The molecule has 4 heteroatoms. The van der Waals surface area contributed by atoms with Gasteiger partial charge in [0.05, 0.1) is 0 Å². The van der Waals surface area contributed by atoms with E-state index in [1.807, 2.05) is 19.0 Å². The van der Waals surface area contributed by atoms with Crippen LogP contribution in [0.3, 0.4) is 0 Å². The van der Waals surface area contributed by atoms with Gasteiger partial charge in [0.25, 0.3) is 0 Å². The fraction of sp³-hybridized carbons (Fsp3) is 0.556. The predicted octanol–water partition coefficient (Wildman–Crippen LogP) is 1.73. The number of aromatic nitrogens is 1. The minimum atomic E-state index is 0.214. The number of hydrogen-bond acceptors (Lipinski definition) is 4. The molecule has 3 nitrogen and oxygen atoms in total. The van der Waals surface area contributed by atoms with E-state index in [0.717, 1.165) is 23.7 Å². The van der Waals surface area contributed by atoms with Crippen LogP contribution in [-0.4, -0.2) is 24.9 Å². The summed E-state index contributed by atoms with van der Waals surface area (Å²) in [5.41, 5.74) is 0.722. The van der Waals surface area contributed by atoms with Gasteiger partial charge in [0.2, 0.25) is 0 Å². The number of hydrogen-bond donors (Lipinski definition) is 0. The van der Waals surface area contributed by atoms with Gasteiger partial charge in [-0.1, -0.05) is 0 Å². The number of ketones is 1. The summed E-state index contributed by atoms with van der Waals surface area (Å²) >= 11 is 1.64. The maximum atomic E-state index is 11.4. The van der Waals surface area contributed by atoms with Crippen LogP contribution in [0.5, 0.6) is 0 Å². The van der Waals surface area contributed by atoms with Crippen molar-refractivity contribution in [3.8, 4) is 0 Å². The molecule has 0 amide bonds. The lowest BCUT2D eigenvalue weighted by Gasteiger charge is -2.05. The smallest absolute Gasteiger partial charge is 0.185 e. The van der Waals surface area contributed by atoms with Gasteiger partial charge in [-0.05, 0) is 12.8 Å². The fourth-order valence-corrected chi connectivity index (χ4v) is 2.49. The first-order valence-electron chi connectivity index (χ1n) is 4.38. The molecule has 0 atom stereocenters. The summed E-state index contributed by atoms with van der Waals surface area (Å²) in [6.07, 6.45) is 2.68. The molecule has 1 aromatic heterocycles. The SMILES string of the molecule is CN(C)c1nc2c(s1)CCCC2=O. The van der Waals surface area contributed by atoms with E-state index in [4.69, 9.17) is 0 Å². The quantitative estimate of drug-likeness (QED) is 0.685. The van der Waals surface area contributed by atoms with Gasteiger partial charge in [0.15, 0.2) is 10.9 Å². The Hall–Kier alpha value is -0.900. The lowest BCUT2D eigenvalue weighted by atomic mass is 10.0. The molecule has 0 N–H and O–H groups in total. The number of Topliss-reactive ketones (excluding diaryl/α,β-unsaturated/α-hetero) is 1. The van der Waals surface area contributed by atoms with E-state index in [0.29, 0.717) is 6.42 Å². The lowest BCUT2D eigenvalue weighted by Crippen LogP contribution is -2.10. The Morgan fingerprint density at radius 3 is 2.77 bits per heavy atom. The fourth-order valence-electron chi connectivity index (χ4n) is 1.45. The molecule has 0 fully saturated rings. The minimum absolute atomic E-state index is 0.214. The van der Waals surface area contributed by atoms with E-state index in [2.05, 4.69) is 4.98 Å². The van der Waals surface area contributed by atoms with E-state index in [1.165, 1.54) is 4.88 Å². The van der Waals surface area contributed by atoms with E-state index in [1.54, 1.807) is 11.3 Å². The number of fused-ring (bicyclic) bond motifs is 1. The van der Waals surface area contributed by atoms with Gasteiger partial charge in [0.1, 0.15) is 5.69 Å². The number of nitrogens with zero attached hydrogens (tertiary/aromatic N) is 2. The van der Waals surface area contributed by atoms with E-state index >= 15 is 0 Å². The van der Waals surface area contributed by atoms with Crippen LogP contribution >= 0.6 is 11.3 Å². The second-order valence-corrected chi connectivity index (χ2v) is 4.50. The number of carbonyl (C=O) groups is 1. The van der Waals surface area contributed by atoms with Crippen molar-refractivity contribution in [2.24, 2.45) is 0 Å². The molecule has 1 heterocycles. The molecule has 0 aromatic carbocycles. The lowest BCUT2D eigenvalue weighted by molar-refractivity contribution is 0.0968. The van der Waals surface area contributed by atoms with Crippen LogP contribution in [0.25, 0.3) is 0 Å². The van der Waals surface area contributed by atoms with Gasteiger partial charge in [0, 0.05) is 25.4 Å². The Balaban J connectivity index is 2.42. The topological polar surface area (TPSA) is 33.2 Å².